The maximum absolute atomic E-state index is 11.5. The number of anilines is 1. The summed E-state index contributed by atoms with van der Waals surface area (Å²) in [6.07, 6.45) is 0. The molecule has 0 radical (unpaired) electrons. The monoisotopic (exact) mass is 264 g/mol. The van der Waals surface area contributed by atoms with Crippen LogP contribution in [0.5, 0.6) is 5.88 Å². The summed E-state index contributed by atoms with van der Waals surface area (Å²) < 4.78 is 4.95. The number of rotatable bonds is 2. The fraction of sp³-hybridized carbons (Fsp3) is 0.385. The minimum Gasteiger partial charge on any atom is -0.407 e. The maximum atomic E-state index is 11.5. The van der Waals surface area contributed by atoms with Crippen molar-refractivity contribution in [3.05, 3.63) is 17.2 Å². The van der Waals surface area contributed by atoms with Crippen LogP contribution in [-0.4, -0.2) is 22.8 Å². The highest BCUT2D eigenvalue weighted by Gasteiger charge is 2.21. The van der Waals surface area contributed by atoms with Crippen LogP contribution >= 0.6 is 0 Å². The molecular formula is C13H16N2O4. The molecule has 19 heavy (non-hydrogen) atoms. The van der Waals surface area contributed by atoms with E-state index >= 15 is 0 Å². The first-order valence-corrected chi connectivity index (χ1v) is 5.72. The molecule has 1 heterocycles. The van der Waals surface area contributed by atoms with Gasteiger partial charge in [-0.25, -0.2) is 4.90 Å². The standard InChI is InChI=1S/C13H16N2O4/c1-7-6-8(2)13(19-11(5)18)14-12(7)15(9(3)16)10(4)17/h6H,1-5H3. The number of aryl methyl sites for hydroxylation is 2. The van der Waals surface area contributed by atoms with E-state index in [0.29, 0.717) is 11.1 Å². The van der Waals surface area contributed by atoms with Gasteiger partial charge in [-0.3, -0.25) is 14.4 Å². The molecule has 0 aliphatic carbocycles. The lowest BCUT2D eigenvalue weighted by atomic mass is 10.2. The van der Waals surface area contributed by atoms with Gasteiger partial charge in [-0.05, 0) is 25.5 Å². The van der Waals surface area contributed by atoms with Crippen LogP contribution < -0.4 is 9.64 Å². The second kappa shape index (κ2) is 5.60. The maximum Gasteiger partial charge on any atom is 0.309 e. The first kappa shape index (κ1) is 14.8. The molecule has 0 bridgehead atoms. The molecule has 0 aromatic carbocycles. The summed E-state index contributed by atoms with van der Waals surface area (Å²) in [5.74, 6) is -1.12. The average Bonchev–Trinajstić information content (AvgIpc) is 2.23. The van der Waals surface area contributed by atoms with E-state index in [9.17, 15) is 14.4 Å². The molecule has 0 aliphatic heterocycles. The lowest BCUT2D eigenvalue weighted by Gasteiger charge is -2.19. The van der Waals surface area contributed by atoms with Crippen molar-refractivity contribution in [3.8, 4) is 5.88 Å². The summed E-state index contributed by atoms with van der Waals surface area (Å²) in [5, 5.41) is 0. The highest BCUT2D eigenvalue weighted by Crippen LogP contribution is 2.25. The zero-order valence-corrected chi connectivity index (χ0v) is 11.6. The first-order chi connectivity index (χ1) is 8.73. The molecule has 0 saturated carbocycles. The van der Waals surface area contributed by atoms with Gasteiger partial charge in [0.15, 0.2) is 0 Å². The highest BCUT2D eigenvalue weighted by atomic mass is 16.5. The molecule has 1 aromatic rings. The second-order valence-corrected chi connectivity index (χ2v) is 4.22. The average molecular weight is 264 g/mol. The number of imide groups is 1. The molecular weight excluding hydrogens is 248 g/mol. The second-order valence-electron chi connectivity index (χ2n) is 4.22. The van der Waals surface area contributed by atoms with Gasteiger partial charge in [-0.1, -0.05) is 0 Å². The number of nitrogens with zero attached hydrogens (tertiary/aromatic N) is 2. The minimum atomic E-state index is -0.511. The van der Waals surface area contributed by atoms with E-state index in [2.05, 4.69) is 4.98 Å². The highest BCUT2D eigenvalue weighted by molar-refractivity contribution is 6.12. The zero-order valence-electron chi connectivity index (χ0n) is 11.6. The zero-order chi connectivity index (χ0) is 14.7. The van der Waals surface area contributed by atoms with Crippen LogP contribution in [-0.2, 0) is 14.4 Å². The van der Waals surface area contributed by atoms with Crippen LogP contribution in [0.1, 0.15) is 31.9 Å². The molecule has 1 aromatic heterocycles. The molecule has 2 amide bonds. The largest absolute Gasteiger partial charge is 0.407 e. The van der Waals surface area contributed by atoms with Crippen molar-refractivity contribution in [3.63, 3.8) is 0 Å². The van der Waals surface area contributed by atoms with Crippen LogP contribution in [0.2, 0.25) is 0 Å². The van der Waals surface area contributed by atoms with Gasteiger partial charge in [0, 0.05) is 26.3 Å². The summed E-state index contributed by atoms with van der Waals surface area (Å²) >= 11 is 0. The van der Waals surface area contributed by atoms with Crippen molar-refractivity contribution in [1.29, 1.82) is 0 Å². The third-order valence-electron chi connectivity index (χ3n) is 2.41. The van der Waals surface area contributed by atoms with Crippen molar-refractivity contribution in [2.45, 2.75) is 34.6 Å². The van der Waals surface area contributed by atoms with Gasteiger partial charge in [0.05, 0.1) is 0 Å². The quantitative estimate of drug-likeness (QED) is 0.757. The fourth-order valence-corrected chi connectivity index (χ4v) is 1.71. The summed E-state index contributed by atoms with van der Waals surface area (Å²) in [6.45, 7) is 7.26. The Morgan fingerprint density at radius 3 is 2.00 bits per heavy atom. The SMILES string of the molecule is CC(=O)Oc1nc(N(C(C)=O)C(C)=O)c(C)cc1C. The van der Waals surface area contributed by atoms with Crippen molar-refractivity contribution >= 4 is 23.6 Å². The number of ether oxygens (including phenoxy) is 1. The van der Waals surface area contributed by atoms with Crippen LogP contribution in [0.4, 0.5) is 5.82 Å². The molecule has 1 rings (SSSR count). The molecule has 0 fully saturated rings. The van der Waals surface area contributed by atoms with Gasteiger partial charge in [0.2, 0.25) is 17.7 Å². The summed E-state index contributed by atoms with van der Waals surface area (Å²) in [6, 6.07) is 1.71. The summed E-state index contributed by atoms with van der Waals surface area (Å²) in [5.41, 5.74) is 1.31. The van der Waals surface area contributed by atoms with Crippen LogP contribution in [0, 0.1) is 13.8 Å². The Kier molecular flexibility index (Phi) is 4.37. The molecule has 0 spiro atoms. The number of hydrogen-bond acceptors (Lipinski definition) is 5. The van der Waals surface area contributed by atoms with Gasteiger partial charge >= 0.3 is 5.97 Å². The van der Waals surface area contributed by atoms with Gasteiger partial charge in [-0.2, -0.15) is 4.98 Å². The number of pyridine rings is 1. The molecule has 0 atom stereocenters. The number of aromatic nitrogens is 1. The van der Waals surface area contributed by atoms with Crippen molar-refractivity contribution < 1.29 is 19.1 Å². The molecule has 6 nitrogen and oxygen atoms in total. The number of hydrogen-bond donors (Lipinski definition) is 0. The Labute approximate surface area is 111 Å². The summed E-state index contributed by atoms with van der Waals surface area (Å²) in [4.78, 5) is 39.1. The Bertz CT molecular complexity index is 538. The number of amides is 2. The lowest BCUT2D eigenvalue weighted by molar-refractivity contribution is -0.132. The Hall–Kier alpha value is -2.24. The van der Waals surface area contributed by atoms with Gasteiger partial charge < -0.3 is 4.74 Å². The molecule has 6 heteroatoms. The van der Waals surface area contributed by atoms with E-state index in [1.54, 1.807) is 19.9 Å². The van der Waals surface area contributed by atoms with E-state index in [0.717, 1.165) is 4.90 Å². The van der Waals surface area contributed by atoms with Crippen LogP contribution in [0.3, 0.4) is 0 Å². The molecule has 102 valence electrons. The topological polar surface area (TPSA) is 76.6 Å². The van der Waals surface area contributed by atoms with Crippen LogP contribution in [0.25, 0.3) is 0 Å². The Morgan fingerprint density at radius 2 is 1.58 bits per heavy atom. The fourth-order valence-electron chi connectivity index (χ4n) is 1.71. The van der Waals surface area contributed by atoms with E-state index in [4.69, 9.17) is 4.74 Å². The van der Waals surface area contributed by atoms with Crippen molar-refractivity contribution in [2.75, 3.05) is 4.90 Å². The normalized spacial score (nSPS) is 9.95. The smallest absolute Gasteiger partial charge is 0.309 e. The Balaban J connectivity index is 3.38. The molecule has 0 N–H and O–H groups in total. The van der Waals surface area contributed by atoms with Crippen LogP contribution in [0.15, 0.2) is 6.07 Å². The van der Waals surface area contributed by atoms with Gasteiger partial charge in [-0.15, -0.1) is 0 Å². The van der Waals surface area contributed by atoms with Gasteiger partial charge in [0.1, 0.15) is 5.82 Å². The van der Waals surface area contributed by atoms with E-state index < -0.39 is 17.8 Å². The van der Waals surface area contributed by atoms with E-state index in [1.807, 2.05) is 0 Å². The van der Waals surface area contributed by atoms with Crippen molar-refractivity contribution in [1.82, 2.24) is 4.98 Å². The minimum absolute atomic E-state index is 0.0978. The predicted molar refractivity (Wildman–Crippen MR) is 68.9 cm³/mol. The van der Waals surface area contributed by atoms with E-state index in [-0.39, 0.29) is 11.7 Å². The third-order valence-corrected chi connectivity index (χ3v) is 2.41. The number of esters is 1. The molecule has 0 aliphatic rings. The molecule has 0 unspecified atom stereocenters. The molecule has 0 saturated heterocycles. The lowest BCUT2D eigenvalue weighted by Crippen LogP contribution is -2.34. The number of carbonyl (C=O) groups excluding carboxylic acids is 3. The van der Waals surface area contributed by atoms with Crippen molar-refractivity contribution in [2.24, 2.45) is 0 Å². The summed E-state index contributed by atoms with van der Waals surface area (Å²) in [7, 11) is 0. The third kappa shape index (κ3) is 3.37. The first-order valence-electron chi connectivity index (χ1n) is 5.72. The number of carbonyl (C=O) groups is 3. The van der Waals surface area contributed by atoms with Gasteiger partial charge in [0.25, 0.3) is 0 Å². The van der Waals surface area contributed by atoms with E-state index in [1.165, 1.54) is 20.8 Å². The predicted octanol–water partition coefficient (Wildman–Crippen LogP) is 1.52. The Morgan fingerprint density at radius 1 is 1.05 bits per heavy atom.